The van der Waals surface area contributed by atoms with Gasteiger partial charge >= 0.3 is 0 Å². The summed E-state index contributed by atoms with van der Waals surface area (Å²) in [6, 6.07) is 12.6. The number of hydrogen-bond donors (Lipinski definition) is 1. The van der Waals surface area contributed by atoms with Gasteiger partial charge in [-0.2, -0.15) is 0 Å². The highest BCUT2D eigenvalue weighted by Gasteiger charge is 2.15. The molecule has 0 aliphatic rings. The van der Waals surface area contributed by atoms with Crippen LogP contribution in [0, 0.1) is 18.6 Å². The first-order valence-corrected chi connectivity index (χ1v) is 7.83. The summed E-state index contributed by atoms with van der Waals surface area (Å²) in [4.78, 5) is 12.9. The maximum Gasteiger partial charge on any atom is 0.266 e. The SMILES string of the molecule is Cc1ccc(-c2ccsc2C(=O)Nc2cc(F)cc(F)c2)cc1. The standard InChI is InChI=1S/C18H13F2NOS/c1-11-2-4-12(5-3-11)16-6-7-23-17(16)18(22)21-15-9-13(19)8-14(20)10-15/h2-10H,1H3,(H,21,22). The molecule has 0 radical (unpaired) electrons. The second-order valence-corrected chi connectivity index (χ2v) is 6.06. The van der Waals surface area contributed by atoms with Crippen LogP contribution in [-0.2, 0) is 0 Å². The summed E-state index contributed by atoms with van der Waals surface area (Å²) in [6.45, 7) is 1.99. The van der Waals surface area contributed by atoms with Gasteiger partial charge in [0.1, 0.15) is 11.6 Å². The molecular formula is C18H13F2NOS. The van der Waals surface area contributed by atoms with E-state index >= 15 is 0 Å². The van der Waals surface area contributed by atoms with Crippen LogP contribution in [0.1, 0.15) is 15.2 Å². The molecule has 3 aromatic rings. The van der Waals surface area contributed by atoms with E-state index in [0.29, 0.717) is 4.88 Å². The lowest BCUT2D eigenvalue weighted by molar-refractivity contribution is 0.103. The van der Waals surface area contributed by atoms with E-state index in [9.17, 15) is 13.6 Å². The Bertz CT molecular complexity index is 835. The Morgan fingerprint density at radius 1 is 1.00 bits per heavy atom. The van der Waals surface area contributed by atoms with Crippen molar-refractivity contribution in [2.45, 2.75) is 6.92 Å². The number of hydrogen-bond acceptors (Lipinski definition) is 2. The predicted molar refractivity (Wildman–Crippen MR) is 88.8 cm³/mol. The zero-order chi connectivity index (χ0) is 16.4. The van der Waals surface area contributed by atoms with Crippen LogP contribution in [0.4, 0.5) is 14.5 Å². The zero-order valence-corrected chi connectivity index (χ0v) is 13.1. The first-order valence-electron chi connectivity index (χ1n) is 6.95. The van der Waals surface area contributed by atoms with Crippen LogP contribution in [0.3, 0.4) is 0 Å². The number of aryl methyl sites for hydroxylation is 1. The molecule has 0 spiro atoms. The quantitative estimate of drug-likeness (QED) is 0.698. The lowest BCUT2D eigenvalue weighted by Gasteiger charge is -2.07. The molecular weight excluding hydrogens is 316 g/mol. The van der Waals surface area contributed by atoms with Gasteiger partial charge in [-0.25, -0.2) is 8.78 Å². The molecule has 2 nitrogen and oxygen atoms in total. The molecule has 0 aliphatic carbocycles. The average Bonchev–Trinajstić information content (AvgIpc) is 2.96. The largest absolute Gasteiger partial charge is 0.321 e. The number of benzene rings is 2. The molecule has 0 bridgehead atoms. The van der Waals surface area contributed by atoms with Gasteiger partial charge in [-0.1, -0.05) is 29.8 Å². The van der Waals surface area contributed by atoms with E-state index in [-0.39, 0.29) is 11.6 Å². The van der Waals surface area contributed by atoms with Crippen LogP contribution in [0.15, 0.2) is 53.9 Å². The number of anilines is 1. The van der Waals surface area contributed by atoms with Gasteiger partial charge in [-0.3, -0.25) is 4.79 Å². The maximum absolute atomic E-state index is 13.2. The molecule has 0 atom stereocenters. The Morgan fingerprint density at radius 2 is 1.65 bits per heavy atom. The van der Waals surface area contributed by atoms with Crippen molar-refractivity contribution in [3.63, 3.8) is 0 Å². The minimum Gasteiger partial charge on any atom is -0.321 e. The molecule has 3 rings (SSSR count). The van der Waals surface area contributed by atoms with Crippen molar-refractivity contribution in [3.05, 3.63) is 76.0 Å². The lowest BCUT2D eigenvalue weighted by atomic mass is 10.0. The van der Waals surface area contributed by atoms with Crippen molar-refractivity contribution in [3.8, 4) is 11.1 Å². The summed E-state index contributed by atoms with van der Waals surface area (Å²) in [5.74, 6) is -1.85. The molecule has 1 N–H and O–H groups in total. The van der Waals surface area contributed by atoms with Crippen LogP contribution < -0.4 is 5.32 Å². The van der Waals surface area contributed by atoms with Crippen LogP contribution in [0.2, 0.25) is 0 Å². The normalized spacial score (nSPS) is 10.6. The van der Waals surface area contributed by atoms with Crippen molar-refractivity contribution in [1.29, 1.82) is 0 Å². The van der Waals surface area contributed by atoms with Gasteiger partial charge in [0.2, 0.25) is 0 Å². The summed E-state index contributed by atoms with van der Waals surface area (Å²) in [6.07, 6.45) is 0. The van der Waals surface area contributed by atoms with Gasteiger partial charge in [0.15, 0.2) is 0 Å². The molecule has 1 amide bonds. The number of nitrogens with one attached hydrogen (secondary N) is 1. The topological polar surface area (TPSA) is 29.1 Å². The highest BCUT2D eigenvalue weighted by atomic mass is 32.1. The second kappa shape index (κ2) is 6.30. The smallest absolute Gasteiger partial charge is 0.266 e. The number of thiophene rings is 1. The molecule has 2 aromatic carbocycles. The zero-order valence-electron chi connectivity index (χ0n) is 12.3. The average molecular weight is 329 g/mol. The third kappa shape index (κ3) is 3.46. The summed E-state index contributed by atoms with van der Waals surface area (Å²) in [5.41, 5.74) is 2.94. The van der Waals surface area contributed by atoms with E-state index in [1.165, 1.54) is 11.3 Å². The second-order valence-electron chi connectivity index (χ2n) is 5.14. The van der Waals surface area contributed by atoms with Gasteiger partial charge in [0.05, 0.1) is 4.88 Å². The monoisotopic (exact) mass is 329 g/mol. The molecule has 1 heterocycles. The lowest BCUT2D eigenvalue weighted by Crippen LogP contribution is -2.11. The van der Waals surface area contributed by atoms with Gasteiger partial charge in [0, 0.05) is 17.3 Å². The number of rotatable bonds is 3. The van der Waals surface area contributed by atoms with Crippen LogP contribution in [0.25, 0.3) is 11.1 Å². The van der Waals surface area contributed by atoms with Gasteiger partial charge in [-0.15, -0.1) is 11.3 Å². The maximum atomic E-state index is 13.2. The number of amides is 1. The minimum absolute atomic E-state index is 0.0933. The highest BCUT2D eigenvalue weighted by Crippen LogP contribution is 2.29. The number of carbonyl (C=O) groups excluding carboxylic acids is 1. The van der Waals surface area contributed by atoms with Crippen molar-refractivity contribution in [2.24, 2.45) is 0 Å². The predicted octanol–water partition coefficient (Wildman–Crippen LogP) is 5.25. The van der Waals surface area contributed by atoms with Gasteiger partial charge < -0.3 is 5.32 Å². The van der Waals surface area contributed by atoms with Crippen molar-refractivity contribution >= 4 is 22.9 Å². The summed E-state index contributed by atoms with van der Waals surface area (Å²) in [5, 5.41) is 4.35. The number of carbonyl (C=O) groups is 1. The molecule has 0 aliphatic heterocycles. The molecule has 0 unspecified atom stereocenters. The fourth-order valence-corrected chi connectivity index (χ4v) is 3.07. The Labute approximate surface area is 136 Å². The Hall–Kier alpha value is -2.53. The first kappa shape index (κ1) is 15.4. The Morgan fingerprint density at radius 3 is 2.30 bits per heavy atom. The van der Waals surface area contributed by atoms with E-state index < -0.39 is 11.6 Å². The fourth-order valence-electron chi connectivity index (χ4n) is 2.26. The highest BCUT2D eigenvalue weighted by molar-refractivity contribution is 7.12. The molecule has 1 aromatic heterocycles. The summed E-state index contributed by atoms with van der Waals surface area (Å²) >= 11 is 1.28. The fraction of sp³-hybridized carbons (Fsp3) is 0.0556. The van der Waals surface area contributed by atoms with Crippen LogP contribution in [-0.4, -0.2) is 5.91 Å². The molecule has 5 heteroatoms. The van der Waals surface area contributed by atoms with Gasteiger partial charge in [0.25, 0.3) is 5.91 Å². The van der Waals surface area contributed by atoms with Crippen molar-refractivity contribution in [1.82, 2.24) is 0 Å². The van der Waals surface area contributed by atoms with Crippen molar-refractivity contribution in [2.75, 3.05) is 5.32 Å². The van der Waals surface area contributed by atoms with Gasteiger partial charge in [-0.05, 0) is 36.1 Å². The minimum atomic E-state index is -0.731. The van der Waals surface area contributed by atoms with Crippen LogP contribution in [0.5, 0.6) is 0 Å². The van der Waals surface area contributed by atoms with E-state index in [4.69, 9.17) is 0 Å². The molecule has 23 heavy (non-hydrogen) atoms. The van der Waals surface area contributed by atoms with Crippen molar-refractivity contribution < 1.29 is 13.6 Å². The molecule has 0 saturated heterocycles. The Balaban J connectivity index is 1.89. The molecule has 116 valence electrons. The van der Waals surface area contributed by atoms with E-state index in [1.807, 2.05) is 42.6 Å². The van der Waals surface area contributed by atoms with Crippen LogP contribution >= 0.6 is 11.3 Å². The third-order valence-corrected chi connectivity index (χ3v) is 4.27. The third-order valence-electron chi connectivity index (χ3n) is 3.35. The van der Waals surface area contributed by atoms with E-state index in [1.54, 1.807) is 0 Å². The Kier molecular flexibility index (Phi) is 4.21. The molecule has 0 saturated carbocycles. The summed E-state index contributed by atoms with van der Waals surface area (Å²) < 4.78 is 26.4. The molecule has 0 fully saturated rings. The van der Waals surface area contributed by atoms with E-state index in [2.05, 4.69) is 5.32 Å². The summed E-state index contributed by atoms with van der Waals surface area (Å²) in [7, 11) is 0. The van der Waals surface area contributed by atoms with E-state index in [0.717, 1.165) is 34.9 Å². The number of halogens is 2. The first-order chi connectivity index (χ1) is 11.0.